The van der Waals surface area contributed by atoms with Crippen molar-refractivity contribution in [3.63, 3.8) is 0 Å². The lowest BCUT2D eigenvalue weighted by atomic mass is 10.2. The third kappa shape index (κ3) is 4.92. The smallest absolute Gasteiger partial charge is 0.192 e. The number of rotatable bonds is 9. The SMILES string of the molecule is CC[Si](CC)(CC)OCCOCc1ccccc1. The second-order valence-electron chi connectivity index (χ2n) is 4.63. The molecule has 0 aliphatic heterocycles. The molecule has 0 amide bonds. The maximum atomic E-state index is 6.13. The molecule has 0 bridgehead atoms. The molecule has 0 aliphatic carbocycles. The van der Waals surface area contributed by atoms with Gasteiger partial charge in [0.15, 0.2) is 8.32 Å². The van der Waals surface area contributed by atoms with E-state index in [1.54, 1.807) is 0 Å². The first kappa shape index (κ1) is 15.4. The van der Waals surface area contributed by atoms with E-state index in [0.717, 1.165) is 6.61 Å². The summed E-state index contributed by atoms with van der Waals surface area (Å²) < 4.78 is 11.8. The highest BCUT2D eigenvalue weighted by molar-refractivity contribution is 6.73. The van der Waals surface area contributed by atoms with Gasteiger partial charge >= 0.3 is 0 Å². The van der Waals surface area contributed by atoms with Crippen molar-refractivity contribution in [3.8, 4) is 0 Å². The summed E-state index contributed by atoms with van der Waals surface area (Å²) in [5, 5.41) is 0. The average Bonchev–Trinajstić information content (AvgIpc) is 2.45. The molecule has 0 N–H and O–H groups in total. The largest absolute Gasteiger partial charge is 0.414 e. The summed E-state index contributed by atoms with van der Waals surface area (Å²) in [7, 11) is -1.43. The second kappa shape index (κ2) is 8.46. The van der Waals surface area contributed by atoms with Gasteiger partial charge in [0.05, 0.1) is 19.8 Å². The Morgan fingerprint density at radius 3 is 2.06 bits per heavy atom. The molecule has 0 fully saturated rings. The highest BCUT2D eigenvalue weighted by Gasteiger charge is 2.28. The molecule has 0 spiro atoms. The van der Waals surface area contributed by atoms with Gasteiger partial charge in [0, 0.05) is 0 Å². The summed E-state index contributed by atoms with van der Waals surface area (Å²) in [4.78, 5) is 0. The summed E-state index contributed by atoms with van der Waals surface area (Å²) in [6.07, 6.45) is 0. The van der Waals surface area contributed by atoms with E-state index >= 15 is 0 Å². The van der Waals surface area contributed by atoms with Gasteiger partial charge in [-0.2, -0.15) is 0 Å². The van der Waals surface area contributed by atoms with Crippen molar-refractivity contribution in [3.05, 3.63) is 35.9 Å². The zero-order valence-corrected chi connectivity index (χ0v) is 12.9. The fraction of sp³-hybridized carbons (Fsp3) is 0.600. The quantitative estimate of drug-likeness (QED) is 0.492. The van der Waals surface area contributed by atoms with Crippen molar-refractivity contribution in [2.75, 3.05) is 13.2 Å². The van der Waals surface area contributed by atoms with Crippen LogP contribution >= 0.6 is 0 Å². The summed E-state index contributed by atoms with van der Waals surface area (Å²) in [5.41, 5.74) is 1.22. The molecule has 102 valence electrons. The minimum absolute atomic E-state index is 0.684. The molecule has 0 aromatic heterocycles. The maximum Gasteiger partial charge on any atom is 0.192 e. The Morgan fingerprint density at radius 2 is 1.50 bits per heavy atom. The Kier molecular flexibility index (Phi) is 7.24. The first-order chi connectivity index (χ1) is 8.76. The third-order valence-corrected chi connectivity index (χ3v) is 8.36. The van der Waals surface area contributed by atoms with Crippen molar-refractivity contribution in [1.82, 2.24) is 0 Å². The van der Waals surface area contributed by atoms with Crippen LogP contribution in [0.3, 0.4) is 0 Å². The van der Waals surface area contributed by atoms with Crippen molar-refractivity contribution in [2.24, 2.45) is 0 Å². The second-order valence-corrected chi connectivity index (χ2v) is 9.41. The Balaban J connectivity index is 2.18. The Morgan fingerprint density at radius 1 is 0.889 bits per heavy atom. The molecule has 2 nitrogen and oxygen atoms in total. The summed E-state index contributed by atoms with van der Waals surface area (Å²) in [6, 6.07) is 13.9. The molecule has 0 saturated heterocycles. The van der Waals surface area contributed by atoms with E-state index in [0.29, 0.717) is 13.2 Å². The highest BCUT2D eigenvalue weighted by Crippen LogP contribution is 2.21. The standard InChI is InChI=1S/C15H26O2Si/c1-4-18(5-2,6-3)17-13-12-16-14-15-10-8-7-9-11-15/h7-11H,4-6,12-14H2,1-3H3. The maximum absolute atomic E-state index is 6.13. The lowest BCUT2D eigenvalue weighted by Gasteiger charge is -2.27. The van der Waals surface area contributed by atoms with E-state index in [1.165, 1.54) is 23.7 Å². The first-order valence-corrected chi connectivity index (χ1v) is 9.55. The zero-order chi connectivity index (χ0) is 13.3. The Hall–Kier alpha value is -0.643. The van der Waals surface area contributed by atoms with Crippen LogP contribution < -0.4 is 0 Å². The molecule has 3 heteroatoms. The van der Waals surface area contributed by atoms with Crippen molar-refractivity contribution < 1.29 is 9.16 Å². The predicted octanol–water partition coefficient (Wildman–Crippen LogP) is 4.23. The van der Waals surface area contributed by atoms with Gasteiger partial charge in [-0.05, 0) is 23.7 Å². The van der Waals surface area contributed by atoms with E-state index in [9.17, 15) is 0 Å². The van der Waals surface area contributed by atoms with E-state index in [-0.39, 0.29) is 0 Å². The number of ether oxygens (including phenoxy) is 1. The molecule has 18 heavy (non-hydrogen) atoms. The van der Waals surface area contributed by atoms with Crippen LogP contribution in [0.1, 0.15) is 26.3 Å². The van der Waals surface area contributed by atoms with Crippen LogP contribution in [0.25, 0.3) is 0 Å². The van der Waals surface area contributed by atoms with Crippen LogP contribution in [0.4, 0.5) is 0 Å². The highest BCUT2D eigenvalue weighted by atomic mass is 28.4. The minimum atomic E-state index is -1.43. The zero-order valence-electron chi connectivity index (χ0n) is 11.9. The molecular weight excluding hydrogens is 240 g/mol. The van der Waals surface area contributed by atoms with Gasteiger partial charge in [-0.25, -0.2) is 0 Å². The Labute approximate surface area is 112 Å². The van der Waals surface area contributed by atoms with Gasteiger partial charge in [-0.1, -0.05) is 51.1 Å². The molecule has 0 aliphatic rings. The van der Waals surface area contributed by atoms with Gasteiger partial charge in [0.25, 0.3) is 0 Å². The van der Waals surface area contributed by atoms with Crippen molar-refractivity contribution in [1.29, 1.82) is 0 Å². The number of hydrogen-bond donors (Lipinski definition) is 0. The van der Waals surface area contributed by atoms with Gasteiger partial charge in [-0.15, -0.1) is 0 Å². The van der Waals surface area contributed by atoms with Crippen LogP contribution in [0, 0.1) is 0 Å². The normalized spacial score (nSPS) is 11.7. The summed E-state index contributed by atoms with van der Waals surface area (Å²) >= 11 is 0. The van der Waals surface area contributed by atoms with E-state index in [4.69, 9.17) is 9.16 Å². The van der Waals surface area contributed by atoms with Crippen LogP contribution in [0.2, 0.25) is 18.1 Å². The fourth-order valence-corrected chi connectivity index (χ4v) is 4.77. The molecular formula is C15H26O2Si. The predicted molar refractivity (Wildman–Crippen MR) is 79.2 cm³/mol. The molecule has 0 radical (unpaired) electrons. The van der Waals surface area contributed by atoms with Crippen molar-refractivity contribution in [2.45, 2.75) is 45.5 Å². The van der Waals surface area contributed by atoms with Gasteiger partial charge in [-0.3, -0.25) is 0 Å². The average molecular weight is 266 g/mol. The number of benzene rings is 1. The van der Waals surface area contributed by atoms with Gasteiger partial charge in [0.1, 0.15) is 0 Å². The van der Waals surface area contributed by atoms with Crippen LogP contribution in [0.5, 0.6) is 0 Å². The Bertz CT molecular complexity index is 301. The van der Waals surface area contributed by atoms with Crippen molar-refractivity contribution >= 4 is 8.32 Å². The third-order valence-electron chi connectivity index (χ3n) is 3.68. The number of hydrogen-bond acceptors (Lipinski definition) is 2. The lowest BCUT2D eigenvalue weighted by Crippen LogP contribution is -2.36. The van der Waals surface area contributed by atoms with Gasteiger partial charge in [0.2, 0.25) is 0 Å². The van der Waals surface area contributed by atoms with E-state index in [2.05, 4.69) is 32.9 Å². The van der Waals surface area contributed by atoms with Crippen LogP contribution in [0.15, 0.2) is 30.3 Å². The van der Waals surface area contributed by atoms with Crippen LogP contribution in [-0.2, 0) is 15.8 Å². The first-order valence-electron chi connectivity index (χ1n) is 7.02. The molecule has 1 aromatic carbocycles. The molecule has 1 aromatic rings. The van der Waals surface area contributed by atoms with Gasteiger partial charge < -0.3 is 9.16 Å². The van der Waals surface area contributed by atoms with Crippen LogP contribution in [-0.4, -0.2) is 21.5 Å². The molecule has 1 rings (SSSR count). The monoisotopic (exact) mass is 266 g/mol. The summed E-state index contributed by atoms with van der Waals surface area (Å²) in [5.74, 6) is 0. The minimum Gasteiger partial charge on any atom is -0.414 e. The fourth-order valence-electron chi connectivity index (χ4n) is 2.14. The molecule has 0 heterocycles. The van der Waals surface area contributed by atoms with E-state index < -0.39 is 8.32 Å². The topological polar surface area (TPSA) is 18.5 Å². The molecule has 0 unspecified atom stereocenters. The lowest BCUT2D eigenvalue weighted by molar-refractivity contribution is 0.0855. The summed E-state index contributed by atoms with van der Waals surface area (Å²) in [6.45, 7) is 8.89. The molecule has 0 atom stereocenters. The molecule has 0 saturated carbocycles. The van der Waals surface area contributed by atoms with E-state index in [1.807, 2.05) is 18.2 Å².